The Morgan fingerprint density at radius 1 is 0.871 bits per heavy atom. The summed E-state index contributed by atoms with van der Waals surface area (Å²) in [5.41, 5.74) is 6.92. The molecule has 4 aromatic rings. The lowest BCUT2D eigenvalue weighted by Gasteiger charge is -2.25. The SMILES string of the molecule is Cc1ccc(C(=O)N(Cc2cc3cc(C)ccc3[nH]c2=O)c2cccc(C)c2C)cc1. The lowest BCUT2D eigenvalue weighted by molar-refractivity contribution is 0.0985. The van der Waals surface area contributed by atoms with Crippen LogP contribution in [-0.4, -0.2) is 10.9 Å². The average molecular weight is 411 g/mol. The van der Waals surface area contributed by atoms with Gasteiger partial charge in [0.05, 0.1) is 6.54 Å². The molecule has 1 N–H and O–H groups in total. The molecule has 0 atom stereocenters. The second kappa shape index (κ2) is 8.23. The number of amides is 1. The highest BCUT2D eigenvalue weighted by molar-refractivity contribution is 6.06. The summed E-state index contributed by atoms with van der Waals surface area (Å²) in [6.45, 7) is 8.24. The van der Waals surface area contributed by atoms with E-state index in [1.165, 1.54) is 0 Å². The van der Waals surface area contributed by atoms with E-state index in [1.54, 1.807) is 4.90 Å². The highest BCUT2D eigenvalue weighted by Gasteiger charge is 2.21. The zero-order chi connectivity index (χ0) is 22.1. The molecule has 0 radical (unpaired) electrons. The van der Waals surface area contributed by atoms with Gasteiger partial charge >= 0.3 is 0 Å². The van der Waals surface area contributed by atoms with Gasteiger partial charge in [0.2, 0.25) is 0 Å². The van der Waals surface area contributed by atoms with Gasteiger partial charge in [-0.15, -0.1) is 0 Å². The lowest BCUT2D eigenvalue weighted by Crippen LogP contribution is -2.33. The molecule has 0 unspecified atom stereocenters. The maximum atomic E-state index is 13.6. The van der Waals surface area contributed by atoms with E-state index in [9.17, 15) is 9.59 Å². The molecule has 0 saturated carbocycles. The Kier molecular flexibility index (Phi) is 5.47. The summed E-state index contributed by atoms with van der Waals surface area (Å²) in [6, 6.07) is 21.3. The lowest BCUT2D eigenvalue weighted by atomic mass is 10.0. The van der Waals surface area contributed by atoms with Gasteiger partial charge < -0.3 is 9.88 Å². The van der Waals surface area contributed by atoms with Crippen LogP contribution in [0.25, 0.3) is 10.9 Å². The van der Waals surface area contributed by atoms with E-state index in [-0.39, 0.29) is 18.0 Å². The van der Waals surface area contributed by atoms with Crippen LogP contribution >= 0.6 is 0 Å². The van der Waals surface area contributed by atoms with Gasteiger partial charge in [0.15, 0.2) is 0 Å². The molecule has 1 amide bonds. The summed E-state index contributed by atoms with van der Waals surface area (Å²) in [7, 11) is 0. The van der Waals surface area contributed by atoms with Gasteiger partial charge in [-0.1, -0.05) is 41.5 Å². The number of nitrogens with one attached hydrogen (secondary N) is 1. The summed E-state index contributed by atoms with van der Waals surface area (Å²) < 4.78 is 0. The number of benzene rings is 3. The number of H-pyrrole nitrogens is 1. The van der Waals surface area contributed by atoms with E-state index in [0.717, 1.165) is 38.8 Å². The summed E-state index contributed by atoms with van der Waals surface area (Å²) >= 11 is 0. The van der Waals surface area contributed by atoms with E-state index in [0.29, 0.717) is 11.1 Å². The predicted molar refractivity (Wildman–Crippen MR) is 127 cm³/mol. The van der Waals surface area contributed by atoms with E-state index >= 15 is 0 Å². The van der Waals surface area contributed by atoms with E-state index < -0.39 is 0 Å². The second-order valence-corrected chi connectivity index (χ2v) is 8.19. The summed E-state index contributed by atoms with van der Waals surface area (Å²) in [5.74, 6) is -0.127. The number of nitrogens with zero attached hydrogens (tertiary/aromatic N) is 1. The first-order chi connectivity index (χ1) is 14.8. The van der Waals surface area contributed by atoms with Crippen molar-refractivity contribution in [1.82, 2.24) is 4.98 Å². The number of fused-ring (bicyclic) bond motifs is 1. The molecular weight excluding hydrogens is 384 g/mol. The molecule has 3 aromatic carbocycles. The van der Waals surface area contributed by atoms with E-state index in [1.807, 2.05) is 94.4 Å². The van der Waals surface area contributed by atoms with Gasteiger partial charge in [-0.2, -0.15) is 0 Å². The Balaban J connectivity index is 1.83. The fraction of sp³-hybridized carbons (Fsp3) is 0.185. The summed E-state index contributed by atoms with van der Waals surface area (Å²) in [5, 5.41) is 0.957. The number of aromatic amines is 1. The number of hydrogen-bond donors (Lipinski definition) is 1. The Hall–Kier alpha value is -3.66. The van der Waals surface area contributed by atoms with Crippen molar-refractivity contribution in [2.24, 2.45) is 0 Å². The molecule has 0 spiro atoms. The number of pyridine rings is 1. The van der Waals surface area contributed by atoms with Gasteiger partial charge in [0, 0.05) is 22.3 Å². The second-order valence-electron chi connectivity index (χ2n) is 8.19. The Bertz CT molecular complexity index is 1330. The van der Waals surface area contributed by atoms with E-state index in [2.05, 4.69) is 4.98 Å². The first kappa shape index (κ1) is 20.6. The third kappa shape index (κ3) is 4.15. The van der Waals surface area contributed by atoms with Crippen LogP contribution in [0.3, 0.4) is 0 Å². The third-order valence-corrected chi connectivity index (χ3v) is 5.82. The molecule has 4 nitrogen and oxygen atoms in total. The Morgan fingerprint density at radius 2 is 1.58 bits per heavy atom. The van der Waals surface area contributed by atoms with Crippen molar-refractivity contribution in [3.05, 3.63) is 110 Å². The van der Waals surface area contributed by atoms with Crippen molar-refractivity contribution in [3.63, 3.8) is 0 Å². The predicted octanol–water partition coefficient (Wildman–Crippen LogP) is 5.61. The van der Waals surface area contributed by atoms with Crippen LogP contribution in [0, 0.1) is 27.7 Å². The fourth-order valence-electron chi connectivity index (χ4n) is 3.81. The molecule has 1 aromatic heterocycles. The largest absolute Gasteiger partial charge is 0.322 e. The van der Waals surface area contributed by atoms with Gasteiger partial charge in [-0.25, -0.2) is 0 Å². The van der Waals surface area contributed by atoms with Crippen LogP contribution in [0.15, 0.2) is 71.5 Å². The monoisotopic (exact) mass is 410 g/mol. The summed E-state index contributed by atoms with van der Waals surface area (Å²) in [6.07, 6.45) is 0. The van der Waals surface area contributed by atoms with Crippen LogP contribution < -0.4 is 10.5 Å². The quantitative estimate of drug-likeness (QED) is 0.475. The van der Waals surface area contributed by atoms with Crippen LogP contribution in [0.4, 0.5) is 5.69 Å². The standard InChI is InChI=1S/C27H26N2O2/c1-17-8-11-21(12-9-17)27(31)29(25-7-5-6-19(3)20(25)4)16-23-15-22-14-18(2)10-13-24(22)28-26(23)30/h5-15H,16H2,1-4H3,(H,28,30). The molecular formula is C27H26N2O2. The van der Waals surface area contributed by atoms with Gasteiger partial charge in [0.25, 0.3) is 11.5 Å². The number of aryl methyl sites for hydroxylation is 3. The Morgan fingerprint density at radius 3 is 2.32 bits per heavy atom. The molecule has 1 heterocycles. The smallest absolute Gasteiger partial charge is 0.258 e. The van der Waals surface area contributed by atoms with Crippen LogP contribution in [0.1, 0.15) is 38.2 Å². The molecule has 31 heavy (non-hydrogen) atoms. The maximum Gasteiger partial charge on any atom is 0.258 e. The van der Waals surface area contributed by atoms with Crippen molar-refractivity contribution >= 4 is 22.5 Å². The topological polar surface area (TPSA) is 53.2 Å². The van der Waals surface area contributed by atoms with Gasteiger partial charge in [-0.3, -0.25) is 9.59 Å². The van der Waals surface area contributed by atoms with Crippen molar-refractivity contribution in [2.45, 2.75) is 34.2 Å². The zero-order valence-electron chi connectivity index (χ0n) is 18.3. The van der Waals surface area contributed by atoms with Crippen molar-refractivity contribution in [3.8, 4) is 0 Å². The number of aromatic nitrogens is 1. The fourth-order valence-corrected chi connectivity index (χ4v) is 3.81. The number of hydrogen-bond acceptors (Lipinski definition) is 2. The molecule has 0 fully saturated rings. The van der Waals surface area contributed by atoms with Crippen LogP contribution in [0.5, 0.6) is 0 Å². The first-order valence-corrected chi connectivity index (χ1v) is 10.4. The first-order valence-electron chi connectivity index (χ1n) is 10.4. The van der Waals surface area contributed by atoms with Crippen LogP contribution in [-0.2, 0) is 6.54 Å². The highest BCUT2D eigenvalue weighted by Crippen LogP contribution is 2.26. The molecule has 4 heteroatoms. The maximum absolute atomic E-state index is 13.6. The van der Waals surface area contributed by atoms with Gasteiger partial charge in [0.1, 0.15) is 0 Å². The zero-order valence-corrected chi connectivity index (χ0v) is 18.3. The van der Waals surface area contributed by atoms with Crippen LogP contribution in [0.2, 0.25) is 0 Å². The van der Waals surface area contributed by atoms with Crippen molar-refractivity contribution < 1.29 is 4.79 Å². The third-order valence-electron chi connectivity index (χ3n) is 5.82. The molecule has 0 saturated heterocycles. The van der Waals surface area contributed by atoms with Crippen molar-refractivity contribution in [2.75, 3.05) is 4.90 Å². The molecule has 0 aliphatic rings. The molecule has 0 bridgehead atoms. The number of carbonyl (C=O) groups is 1. The average Bonchev–Trinajstić information content (AvgIpc) is 2.75. The van der Waals surface area contributed by atoms with Crippen molar-refractivity contribution in [1.29, 1.82) is 0 Å². The molecule has 0 aliphatic heterocycles. The van der Waals surface area contributed by atoms with E-state index in [4.69, 9.17) is 0 Å². The minimum atomic E-state index is -0.177. The minimum absolute atomic E-state index is 0.127. The molecule has 4 rings (SSSR count). The van der Waals surface area contributed by atoms with Gasteiger partial charge in [-0.05, 0) is 80.6 Å². The normalized spacial score (nSPS) is 11.0. The number of rotatable bonds is 4. The summed E-state index contributed by atoms with van der Waals surface area (Å²) in [4.78, 5) is 31.1. The Labute approximate surface area is 182 Å². The highest BCUT2D eigenvalue weighted by atomic mass is 16.2. The minimum Gasteiger partial charge on any atom is -0.322 e. The molecule has 156 valence electrons. The number of anilines is 1. The molecule has 0 aliphatic carbocycles. The number of carbonyl (C=O) groups excluding carboxylic acids is 1.